The monoisotopic (exact) mass is 1050 g/mol. The summed E-state index contributed by atoms with van der Waals surface area (Å²) in [5, 5.41) is 9.72. The molecule has 2 unspecified atom stereocenters. The lowest BCUT2D eigenvalue weighted by Crippen LogP contribution is -2.40. The lowest BCUT2D eigenvalue weighted by molar-refractivity contribution is -0.870. The number of ether oxygens (including phenoxy) is 4. The number of carboxylic acid groups (broad SMARTS) is 1. The number of unbranched alkanes of at least 4 members (excludes halogenated alkanes) is 44. The number of allylic oxidation sites excluding steroid dienone is 2. The smallest absolute Gasteiger partial charge is 0.361 e. The van der Waals surface area contributed by atoms with Gasteiger partial charge in [-0.05, 0) is 38.5 Å². The Bertz CT molecular complexity index is 1220. The summed E-state index contributed by atoms with van der Waals surface area (Å²) in [5.74, 6) is -1.98. The SMILES string of the molecule is CCCCCCCC/C=C\CCCCCCCCCCCC(=O)OC(COC(=O)CCCCCCCCCCCCCCCCCCCCCCCCCCCCCCCC)COC(OCC[N+](C)(C)C)C(=O)O. The summed E-state index contributed by atoms with van der Waals surface area (Å²) < 4.78 is 22.9. The minimum absolute atomic E-state index is 0.176. The molecule has 0 spiro atoms. The highest BCUT2D eigenvalue weighted by molar-refractivity contribution is 5.71. The van der Waals surface area contributed by atoms with Gasteiger partial charge in [-0.25, -0.2) is 4.79 Å². The van der Waals surface area contributed by atoms with Crippen molar-refractivity contribution in [3.63, 3.8) is 0 Å². The summed E-state index contributed by atoms with van der Waals surface area (Å²) >= 11 is 0. The lowest BCUT2D eigenvalue weighted by atomic mass is 10.0. The predicted octanol–water partition coefficient (Wildman–Crippen LogP) is 19.3. The molecule has 9 nitrogen and oxygen atoms in total. The maximum atomic E-state index is 12.9. The predicted molar refractivity (Wildman–Crippen MR) is 314 cm³/mol. The van der Waals surface area contributed by atoms with Crippen molar-refractivity contribution >= 4 is 17.9 Å². The molecule has 2 atom stereocenters. The Morgan fingerprint density at radius 3 is 1.00 bits per heavy atom. The van der Waals surface area contributed by atoms with Crippen LogP contribution in [0.2, 0.25) is 0 Å². The first kappa shape index (κ1) is 72.0. The first-order valence-corrected chi connectivity index (χ1v) is 32.4. The first-order chi connectivity index (χ1) is 36.1. The molecular formula is C65H126NO8+. The van der Waals surface area contributed by atoms with E-state index in [1.807, 2.05) is 21.1 Å². The van der Waals surface area contributed by atoms with E-state index in [1.54, 1.807) is 0 Å². The molecule has 0 heterocycles. The molecule has 0 aliphatic carbocycles. The van der Waals surface area contributed by atoms with Crippen LogP contribution in [0.4, 0.5) is 0 Å². The summed E-state index contributed by atoms with van der Waals surface area (Å²) in [7, 11) is 5.98. The van der Waals surface area contributed by atoms with Gasteiger partial charge in [-0.15, -0.1) is 0 Å². The fraction of sp³-hybridized carbons (Fsp3) is 0.923. The van der Waals surface area contributed by atoms with Crippen molar-refractivity contribution in [1.82, 2.24) is 0 Å². The van der Waals surface area contributed by atoms with Crippen molar-refractivity contribution in [3.05, 3.63) is 12.2 Å². The second kappa shape index (κ2) is 57.2. The molecule has 0 rings (SSSR count). The van der Waals surface area contributed by atoms with E-state index in [0.717, 1.165) is 38.5 Å². The fourth-order valence-electron chi connectivity index (χ4n) is 9.78. The number of carboxylic acids is 1. The first-order valence-electron chi connectivity index (χ1n) is 32.4. The molecule has 0 saturated carbocycles. The molecule has 0 aromatic rings. The molecule has 1 N–H and O–H groups in total. The van der Waals surface area contributed by atoms with Crippen LogP contribution in [0, 0.1) is 0 Å². The van der Waals surface area contributed by atoms with E-state index >= 15 is 0 Å². The molecular weight excluding hydrogens is 923 g/mol. The average molecular weight is 1050 g/mol. The number of hydrogen-bond donors (Lipinski definition) is 1. The molecule has 0 aliphatic heterocycles. The Morgan fingerprint density at radius 1 is 0.392 bits per heavy atom. The van der Waals surface area contributed by atoms with Gasteiger partial charge >= 0.3 is 17.9 Å². The Morgan fingerprint density at radius 2 is 0.689 bits per heavy atom. The van der Waals surface area contributed by atoms with Gasteiger partial charge in [-0.1, -0.05) is 289 Å². The van der Waals surface area contributed by atoms with Crippen LogP contribution in [0.1, 0.15) is 328 Å². The molecule has 0 bridgehead atoms. The van der Waals surface area contributed by atoms with E-state index in [-0.39, 0.29) is 38.2 Å². The zero-order chi connectivity index (χ0) is 54.1. The average Bonchev–Trinajstić information content (AvgIpc) is 3.37. The Labute approximate surface area is 459 Å². The maximum Gasteiger partial charge on any atom is 0.361 e. The van der Waals surface area contributed by atoms with Gasteiger partial charge in [0.1, 0.15) is 13.2 Å². The summed E-state index contributed by atoms with van der Waals surface area (Å²) in [6.07, 6.45) is 64.6. The van der Waals surface area contributed by atoms with Gasteiger partial charge in [0, 0.05) is 12.8 Å². The molecule has 9 heteroatoms. The number of rotatable bonds is 61. The summed E-state index contributed by atoms with van der Waals surface area (Å²) in [6, 6.07) is 0. The van der Waals surface area contributed by atoms with Gasteiger partial charge < -0.3 is 28.5 Å². The standard InChI is InChI=1S/C65H125NO8/c1-6-8-10-12-14-16-18-20-22-24-26-27-28-29-30-31-32-33-34-35-36-38-39-41-43-45-47-49-51-53-55-62(67)72-59-61(60-73-65(64(69)70)71-58-57-66(3,4)5)74-63(68)56-54-52-50-48-46-44-42-40-37-25-23-21-19-17-15-13-11-9-7-2/h21,23,61,65H,6-20,22,24-60H2,1-5H3/p+1/b23-21-. The van der Waals surface area contributed by atoms with Crippen molar-refractivity contribution < 1.29 is 42.9 Å². The van der Waals surface area contributed by atoms with E-state index in [2.05, 4.69) is 26.0 Å². The molecule has 0 saturated heterocycles. The second-order valence-corrected chi connectivity index (χ2v) is 23.4. The third-order valence-electron chi connectivity index (χ3n) is 14.8. The highest BCUT2D eigenvalue weighted by atomic mass is 16.7. The van der Waals surface area contributed by atoms with Gasteiger partial charge in [0.2, 0.25) is 0 Å². The van der Waals surface area contributed by atoms with Crippen LogP contribution < -0.4 is 0 Å². The van der Waals surface area contributed by atoms with Crippen LogP contribution in [-0.2, 0) is 33.3 Å². The number of carbonyl (C=O) groups is 3. The number of nitrogens with zero attached hydrogens (tertiary/aromatic N) is 1. The minimum Gasteiger partial charge on any atom is -0.477 e. The summed E-state index contributed by atoms with van der Waals surface area (Å²) in [5.41, 5.74) is 0. The maximum absolute atomic E-state index is 12.9. The van der Waals surface area contributed by atoms with E-state index in [4.69, 9.17) is 18.9 Å². The van der Waals surface area contributed by atoms with E-state index in [1.165, 1.54) is 263 Å². The number of carbonyl (C=O) groups excluding carboxylic acids is 2. The van der Waals surface area contributed by atoms with Gasteiger partial charge in [-0.2, -0.15) is 0 Å². The zero-order valence-corrected chi connectivity index (χ0v) is 50.0. The third kappa shape index (κ3) is 57.7. The van der Waals surface area contributed by atoms with Crippen molar-refractivity contribution in [2.45, 2.75) is 341 Å². The van der Waals surface area contributed by atoms with Crippen LogP contribution in [0.5, 0.6) is 0 Å². The van der Waals surface area contributed by atoms with Crippen LogP contribution in [0.25, 0.3) is 0 Å². The molecule has 0 fully saturated rings. The molecule has 438 valence electrons. The number of likely N-dealkylation sites (N-methyl/N-ethyl adjacent to an activating group) is 1. The van der Waals surface area contributed by atoms with Crippen LogP contribution >= 0.6 is 0 Å². The van der Waals surface area contributed by atoms with Crippen molar-refractivity contribution in [2.24, 2.45) is 0 Å². The van der Waals surface area contributed by atoms with E-state index in [0.29, 0.717) is 17.4 Å². The summed E-state index contributed by atoms with van der Waals surface area (Å²) in [6.45, 7) is 4.94. The van der Waals surface area contributed by atoms with Crippen molar-refractivity contribution in [2.75, 3.05) is 47.5 Å². The largest absolute Gasteiger partial charge is 0.477 e. The topological polar surface area (TPSA) is 108 Å². The Balaban J connectivity index is 4.07. The number of esters is 2. The quantitative estimate of drug-likeness (QED) is 0.0211. The number of aliphatic carboxylic acids is 1. The molecule has 0 aromatic carbocycles. The van der Waals surface area contributed by atoms with Crippen LogP contribution in [0.15, 0.2) is 12.2 Å². The molecule has 0 radical (unpaired) electrons. The third-order valence-corrected chi connectivity index (χ3v) is 14.8. The fourth-order valence-corrected chi connectivity index (χ4v) is 9.78. The molecule has 0 aliphatic rings. The number of hydrogen-bond acceptors (Lipinski definition) is 7. The minimum atomic E-state index is -1.51. The second-order valence-electron chi connectivity index (χ2n) is 23.4. The van der Waals surface area contributed by atoms with E-state index < -0.39 is 18.4 Å². The summed E-state index contributed by atoms with van der Waals surface area (Å²) in [4.78, 5) is 37.5. The van der Waals surface area contributed by atoms with Gasteiger partial charge in [-0.3, -0.25) is 9.59 Å². The molecule has 0 aromatic heterocycles. The van der Waals surface area contributed by atoms with Gasteiger partial charge in [0.05, 0.1) is 34.4 Å². The van der Waals surface area contributed by atoms with Gasteiger partial charge in [0.25, 0.3) is 6.29 Å². The zero-order valence-electron chi connectivity index (χ0n) is 50.0. The van der Waals surface area contributed by atoms with E-state index in [9.17, 15) is 19.5 Å². The molecule has 0 amide bonds. The van der Waals surface area contributed by atoms with Crippen LogP contribution in [0.3, 0.4) is 0 Å². The Hall–Kier alpha value is -1.97. The normalized spacial score (nSPS) is 12.7. The highest BCUT2D eigenvalue weighted by Crippen LogP contribution is 2.18. The molecule has 74 heavy (non-hydrogen) atoms. The number of quaternary nitrogens is 1. The lowest BCUT2D eigenvalue weighted by Gasteiger charge is -2.25. The van der Waals surface area contributed by atoms with Crippen molar-refractivity contribution in [3.8, 4) is 0 Å². The van der Waals surface area contributed by atoms with Crippen molar-refractivity contribution in [1.29, 1.82) is 0 Å². The highest BCUT2D eigenvalue weighted by Gasteiger charge is 2.25. The Kier molecular flexibility index (Phi) is 55.7. The van der Waals surface area contributed by atoms with Gasteiger partial charge in [0.15, 0.2) is 6.10 Å². The van der Waals surface area contributed by atoms with Crippen LogP contribution in [-0.4, -0.2) is 87.4 Å².